The Balaban J connectivity index is 1.79. The second-order valence-electron chi connectivity index (χ2n) is 8.12. The van der Waals surface area contributed by atoms with Crippen molar-refractivity contribution in [3.8, 4) is 0 Å². The summed E-state index contributed by atoms with van der Waals surface area (Å²) in [6.07, 6.45) is 3.36. The second kappa shape index (κ2) is 7.39. The minimum atomic E-state index is -0.0232. The average molecular weight is 358 g/mol. The van der Waals surface area contributed by atoms with Gasteiger partial charge >= 0.3 is 0 Å². The second-order valence-corrected chi connectivity index (χ2v) is 8.12. The summed E-state index contributed by atoms with van der Waals surface area (Å²) in [5, 5.41) is 9.23. The van der Waals surface area contributed by atoms with E-state index in [1.807, 2.05) is 24.8 Å². The highest BCUT2D eigenvalue weighted by atomic mass is 16.3. The fraction of sp³-hybridized carbons (Fsp3) is 0.619. The van der Waals surface area contributed by atoms with E-state index in [1.54, 1.807) is 4.90 Å². The molecule has 0 radical (unpaired) electrons. The number of likely N-dealkylation sites (tertiary alicyclic amines) is 2. The Hall–Kier alpha value is -1.88. The maximum Gasteiger partial charge on any atom is 0.254 e. The maximum absolute atomic E-state index is 13.2. The highest BCUT2D eigenvalue weighted by Crippen LogP contribution is 2.39. The van der Waals surface area contributed by atoms with Crippen LogP contribution in [0.4, 0.5) is 0 Å². The minimum absolute atomic E-state index is 0.00764. The van der Waals surface area contributed by atoms with E-state index >= 15 is 0 Å². The van der Waals surface area contributed by atoms with Crippen LogP contribution < -0.4 is 0 Å². The third-order valence-electron chi connectivity index (χ3n) is 6.14. The molecule has 5 nitrogen and oxygen atoms in total. The van der Waals surface area contributed by atoms with Gasteiger partial charge in [-0.25, -0.2) is 0 Å². The van der Waals surface area contributed by atoms with E-state index in [4.69, 9.17) is 0 Å². The molecule has 0 unspecified atom stereocenters. The number of benzene rings is 1. The van der Waals surface area contributed by atoms with E-state index in [0.717, 1.165) is 42.5 Å². The first-order valence-electron chi connectivity index (χ1n) is 9.61. The van der Waals surface area contributed by atoms with Crippen LogP contribution in [0.25, 0.3) is 0 Å². The first kappa shape index (κ1) is 18.9. The number of carbonyl (C=O) groups excluding carboxylic acids is 2. The van der Waals surface area contributed by atoms with Crippen LogP contribution in [0.15, 0.2) is 12.1 Å². The molecule has 0 aliphatic carbocycles. The predicted molar refractivity (Wildman–Crippen MR) is 101 cm³/mol. The number of hydrogen-bond donors (Lipinski definition) is 1. The maximum atomic E-state index is 13.2. The number of amides is 2. The summed E-state index contributed by atoms with van der Waals surface area (Å²) in [7, 11) is 0. The van der Waals surface area contributed by atoms with Crippen LogP contribution >= 0.6 is 0 Å². The van der Waals surface area contributed by atoms with E-state index in [1.165, 1.54) is 5.56 Å². The zero-order valence-corrected chi connectivity index (χ0v) is 16.2. The smallest absolute Gasteiger partial charge is 0.254 e. The Morgan fingerprint density at radius 2 is 1.85 bits per heavy atom. The molecule has 1 atom stereocenters. The Morgan fingerprint density at radius 1 is 1.12 bits per heavy atom. The van der Waals surface area contributed by atoms with Gasteiger partial charge in [0.1, 0.15) is 0 Å². The highest BCUT2D eigenvalue weighted by molar-refractivity contribution is 5.96. The van der Waals surface area contributed by atoms with Gasteiger partial charge in [-0.05, 0) is 62.8 Å². The van der Waals surface area contributed by atoms with Crippen LogP contribution in [0.1, 0.15) is 52.7 Å². The molecule has 0 aromatic heterocycles. The van der Waals surface area contributed by atoms with Gasteiger partial charge in [-0.3, -0.25) is 9.59 Å². The van der Waals surface area contributed by atoms with Gasteiger partial charge in [0.15, 0.2) is 0 Å². The van der Waals surface area contributed by atoms with E-state index in [9.17, 15) is 14.7 Å². The average Bonchev–Trinajstić information content (AvgIpc) is 2.61. The summed E-state index contributed by atoms with van der Waals surface area (Å²) < 4.78 is 0. The Labute approximate surface area is 156 Å². The molecule has 0 saturated carbocycles. The van der Waals surface area contributed by atoms with Gasteiger partial charge in [0.2, 0.25) is 5.91 Å². The first-order chi connectivity index (χ1) is 12.3. The molecule has 0 bridgehead atoms. The lowest BCUT2D eigenvalue weighted by Gasteiger charge is -2.48. The molecule has 1 aromatic carbocycles. The number of rotatable bonds is 3. The molecule has 2 heterocycles. The van der Waals surface area contributed by atoms with Gasteiger partial charge in [0.05, 0.1) is 6.61 Å². The van der Waals surface area contributed by atoms with Crippen LogP contribution in [-0.2, 0) is 4.79 Å². The Kier molecular flexibility index (Phi) is 5.37. The fourth-order valence-electron chi connectivity index (χ4n) is 4.50. The van der Waals surface area contributed by atoms with Crippen molar-refractivity contribution in [1.82, 2.24) is 9.80 Å². The van der Waals surface area contributed by atoms with Gasteiger partial charge in [0.25, 0.3) is 5.91 Å². The van der Waals surface area contributed by atoms with E-state index in [2.05, 4.69) is 13.0 Å². The van der Waals surface area contributed by atoms with Crippen molar-refractivity contribution in [1.29, 1.82) is 0 Å². The summed E-state index contributed by atoms with van der Waals surface area (Å²) >= 11 is 0. The number of hydrogen-bond acceptors (Lipinski definition) is 3. The normalized spacial score (nSPS) is 23.6. The Morgan fingerprint density at radius 3 is 2.58 bits per heavy atom. The van der Waals surface area contributed by atoms with Crippen molar-refractivity contribution < 1.29 is 14.7 Å². The summed E-state index contributed by atoms with van der Waals surface area (Å²) in [6, 6.07) is 4.10. The third-order valence-corrected chi connectivity index (χ3v) is 6.14. The number of aryl methyl sites for hydroxylation is 3. The number of piperidine rings is 2. The topological polar surface area (TPSA) is 60.9 Å². The molecule has 2 aliphatic rings. The lowest BCUT2D eigenvalue weighted by Crippen LogP contribution is -2.55. The number of carbonyl (C=O) groups is 2. The van der Waals surface area contributed by atoms with Crippen molar-refractivity contribution in [3.05, 3.63) is 34.4 Å². The van der Waals surface area contributed by atoms with E-state index < -0.39 is 0 Å². The molecule has 2 saturated heterocycles. The molecule has 3 rings (SSSR count). The summed E-state index contributed by atoms with van der Waals surface area (Å²) in [5.74, 6) is 0.230. The molecule has 5 heteroatoms. The first-order valence-corrected chi connectivity index (χ1v) is 9.61. The van der Waals surface area contributed by atoms with E-state index in [0.29, 0.717) is 26.1 Å². The predicted octanol–water partition coefficient (Wildman–Crippen LogP) is 2.45. The fourth-order valence-corrected chi connectivity index (χ4v) is 4.50. The molecule has 2 amide bonds. The highest BCUT2D eigenvalue weighted by Gasteiger charge is 2.42. The standard InChI is InChI=1S/C21H30N2O3/c1-15-11-17(3)18(12-16(15)2)20(26)23-8-4-6-21(14-23)7-5-19(25)22(13-21)9-10-24/h11-12,24H,4-10,13-14H2,1-3H3/t21-/m0/s1. The van der Waals surface area contributed by atoms with Gasteiger partial charge in [-0.2, -0.15) is 0 Å². The molecule has 1 spiro atoms. The van der Waals surface area contributed by atoms with Crippen molar-refractivity contribution in [3.63, 3.8) is 0 Å². The number of aliphatic hydroxyl groups is 1. The van der Waals surface area contributed by atoms with Gasteiger partial charge < -0.3 is 14.9 Å². The van der Waals surface area contributed by atoms with Crippen molar-refractivity contribution in [2.45, 2.75) is 46.5 Å². The molecular formula is C21H30N2O3. The van der Waals surface area contributed by atoms with Crippen molar-refractivity contribution >= 4 is 11.8 Å². The zero-order valence-electron chi connectivity index (χ0n) is 16.2. The van der Waals surface area contributed by atoms with Crippen LogP contribution in [-0.4, -0.2) is 59.5 Å². The minimum Gasteiger partial charge on any atom is -0.395 e. The van der Waals surface area contributed by atoms with Gasteiger partial charge in [0, 0.05) is 43.6 Å². The van der Waals surface area contributed by atoms with Gasteiger partial charge in [-0.1, -0.05) is 6.07 Å². The number of aliphatic hydroxyl groups excluding tert-OH is 1. The quantitative estimate of drug-likeness (QED) is 0.903. The lowest BCUT2D eigenvalue weighted by molar-refractivity contribution is -0.139. The summed E-state index contributed by atoms with van der Waals surface area (Å²) in [4.78, 5) is 29.0. The monoisotopic (exact) mass is 358 g/mol. The molecular weight excluding hydrogens is 328 g/mol. The lowest BCUT2D eigenvalue weighted by atomic mass is 9.73. The van der Waals surface area contributed by atoms with Crippen LogP contribution in [0.2, 0.25) is 0 Å². The van der Waals surface area contributed by atoms with Crippen LogP contribution in [0.3, 0.4) is 0 Å². The SMILES string of the molecule is Cc1cc(C)c(C(=O)N2CCC[C@@]3(CCC(=O)N(CCO)C3)C2)cc1C. The summed E-state index contributed by atoms with van der Waals surface area (Å²) in [6.45, 7) is 8.64. The molecule has 2 fully saturated rings. The molecule has 2 aliphatic heterocycles. The van der Waals surface area contributed by atoms with Crippen molar-refractivity contribution in [2.75, 3.05) is 32.8 Å². The third kappa shape index (κ3) is 3.63. The van der Waals surface area contributed by atoms with Crippen LogP contribution in [0, 0.1) is 26.2 Å². The zero-order chi connectivity index (χ0) is 18.9. The van der Waals surface area contributed by atoms with Gasteiger partial charge in [-0.15, -0.1) is 0 Å². The number of nitrogens with zero attached hydrogens (tertiary/aromatic N) is 2. The molecule has 1 N–H and O–H groups in total. The number of β-amino-alcohol motifs (C(OH)–C–C–N with tert-alkyl or cyclic N) is 1. The molecule has 26 heavy (non-hydrogen) atoms. The molecule has 1 aromatic rings. The Bertz CT molecular complexity index is 715. The van der Waals surface area contributed by atoms with Crippen molar-refractivity contribution in [2.24, 2.45) is 5.41 Å². The van der Waals surface area contributed by atoms with E-state index in [-0.39, 0.29) is 23.8 Å². The molecule has 142 valence electrons. The summed E-state index contributed by atoms with van der Waals surface area (Å²) in [5.41, 5.74) is 4.15. The largest absolute Gasteiger partial charge is 0.395 e. The van der Waals surface area contributed by atoms with Crippen LogP contribution in [0.5, 0.6) is 0 Å².